The Morgan fingerprint density at radius 2 is 1.56 bits per heavy atom. The topological polar surface area (TPSA) is 46.2 Å². The van der Waals surface area contributed by atoms with E-state index in [2.05, 4.69) is 0 Å². The van der Waals surface area contributed by atoms with E-state index in [9.17, 15) is 0 Å². The predicted molar refractivity (Wildman–Crippen MR) is 32.5 cm³/mol. The van der Waals surface area contributed by atoms with Crippen LogP contribution in [0.5, 0.6) is 0 Å². The van der Waals surface area contributed by atoms with E-state index in [0.717, 1.165) is 25.7 Å². The first kappa shape index (κ1) is 9.61. The smallest absolute Gasteiger partial charge is 0.0541 e. The summed E-state index contributed by atoms with van der Waals surface area (Å²) in [6.45, 7) is 0. The fraction of sp³-hybridized carbons (Fsp3) is 1.00. The summed E-state index contributed by atoms with van der Waals surface area (Å²) in [6.07, 6.45) is 3.75. The van der Waals surface area contributed by atoms with Crippen molar-refractivity contribution in [3.8, 4) is 0 Å². The van der Waals surface area contributed by atoms with Crippen LogP contribution in [0.3, 0.4) is 0 Å². The number of aliphatic hydroxyl groups excluding tert-OH is 1. The minimum atomic E-state index is -0.0604. The van der Waals surface area contributed by atoms with Gasteiger partial charge < -0.3 is 10.8 Å². The van der Waals surface area contributed by atoms with Gasteiger partial charge >= 0.3 is 0 Å². The van der Waals surface area contributed by atoms with Crippen LogP contribution < -0.4 is 5.73 Å². The summed E-state index contributed by atoms with van der Waals surface area (Å²) < 4.78 is 0. The molecule has 0 bridgehead atoms. The van der Waals surface area contributed by atoms with Crippen LogP contribution in [-0.4, -0.2) is 17.3 Å². The largest absolute Gasteiger partial charge is 0.393 e. The maximum Gasteiger partial charge on any atom is 0.0541 e. The quantitative estimate of drug-likeness (QED) is 0.674. The van der Waals surface area contributed by atoms with Crippen LogP contribution in [0.2, 0.25) is 0 Å². The number of aliphatic hydroxyl groups is 1. The van der Waals surface area contributed by atoms with Crippen LogP contribution in [0.15, 0.2) is 0 Å². The zero-order chi connectivity index (χ0) is 5.98. The summed E-state index contributed by atoms with van der Waals surface area (Å²) in [5.74, 6) is 0. The molecule has 0 heterocycles. The first-order valence-electron chi connectivity index (χ1n) is 3.22. The van der Waals surface area contributed by atoms with E-state index in [4.69, 9.17) is 10.8 Å². The maximum absolute atomic E-state index is 8.97. The zero-order valence-electron chi connectivity index (χ0n) is 5.32. The third-order valence-corrected chi connectivity index (χ3v) is 1.74. The summed E-state index contributed by atoms with van der Waals surface area (Å²) >= 11 is 0. The normalized spacial score (nSPS) is 35.3. The first-order chi connectivity index (χ1) is 3.79. The molecule has 2 nitrogen and oxygen atoms in total. The summed E-state index contributed by atoms with van der Waals surface area (Å²) in [5.41, 5.74) is 5.59. The van der Waals surface area contributed by atoms with Gasteiger partial charge in [0.25, 0.3) is 0 Å². The van der Waals surface area contributed by atoms with Crippen molar-refractivity contribution in [1.82, 2.24) is 0 Å². The van der Waals surface area contributed by atoms with Gasteiger partial charge in [0.05, 0.1) is 6.10 Å². The second-order valence-electron chi connectivity index (χ2n) is 2.57. The molecule has 1 fully saturated rings. The third-order valence-electron chi connectivity index (χ3n) is 1.74. The van der Waals surface area contributed by atoms with E-state index in [1.165, 1.54) is 0 Å². The summed E-state index contributed by atoms with van der Waals surface area (Å²) in [5, 5.41) is 8.97. The summed E-state index contributed by atoms with van der Waals surface area (Å²) in [6, 6.07) is 0.360. The molecule has 0 spiro atoms. The Hall–Kier alpha value is 0.608. The molecule has 0 atom stereocenters. The molecule has 3 N–H and O–H groups in total. The average molecular weight is 310 g/mol. The van der Waals surface area contributed by atoms with Gasteiger partial charge in [-0.2, -0.15) is 0 Å². The van der Waals surface area contributed by atoms with Gasteiger partial charge in [0, 0.05) is 27.1 Å². The van der Waals surface area contributed by atoms with Crippen LogP contribution in [0.4, 0.5) is 0 Å². The van der Waals surface area contributed by atoms with Gasteiger partial charge in [0.2, 0.25) is 0 Å². The van der Waals surface area contributed by atoms with E-state index in [-0.39, 0.29) is 27.2 Å². The molecule has 1 aliphatic rings. The molecular weight excluding hydrogens is 297 g/mol. The second kappa shape index (κ2) is 4.43. The van der Waals surface area contributed by atoms with Crippen molar-refractivity contribution in [2.75, 3.05) is 0 Å². The van der Waals surface area contributed by atoms with Gasteiger partial charge in [-0.25, -0.2) is 0 Å². The van der Waals surface area contributed by atoms with Gasteiger partial charge in [-0.3, -0.25) is 0 Å². The Labute approximate surface area is 70.1 Å². The molecule has 0 amide bonds. The molecule has 0 aromatic rings. The van der Waals surface area contributed by atoms with Crippen molar-refractivity contribution in [2.24, 2.45) is 5.73 Å². The average Bonchev–Trinajstić information content (AvgIpc) is 1.77. The predicted octanol–water partition coefficient (Wildman–Crippen LogP) is 0.246. The Bertz CT molecular complexity index is 61.5. The monoisotopic (exact) mass is 310 g/mol. The van der Waals surface area contributed by atoms with E-state index in [1.54, 1.807) is 0 Å². The minimum Gasteiger partial charge on any atom is -0.393 e. The van der Waals surface area contributed by atoms with E-state index in [1.807, 2.05) is 0 Å². The van der Waals surface area contributed by atoms with Crippen LogP contribution in [0.25, 0.3) is 0 Å². The number of hydrogen-bond acceptors (Lipinski definition) is 2. The second-order valence-corrected chi connectivity index (χ2v) is 2.57. The Morgan fingerprint density at radius 3 is 1.89 bits per heavy atom. The molecule has 1 saturated carbocycles. The molecule has 9 heavy (non-hydrogen) atoms. The number of nitrogens with two attached hydrogens (primary N) is 1. The Kier molecular flexibility index (Phi) is 4.73. The van der Waals surface area contributed by atoms with Crippen molar-refractivity contribution >= 4 is 0 Å². The molecule has 1 aliphatic carbocycles. The van der Waals surface area contributed by atoms with Crippen molar-refractivity contribution in [3.05, 3.63) is 0 Å². The molecular formula is C6H13NOPt. The van der Waals surface area contributed by atoms with Gasteiger partial charge in [-0.15, -0.1) is 0 Å². The van der Waals surface area contributed by atoms with Gasteiger partial charge in [-0.1, -0.05) is 0 Å². The van der Waals surface area contributed by atoms with Crippen molar-refractivity contribution in [3.63, 3.8) is 0 Å². The molecule has 0 aromatic carbocycles. The van der Waals surface area contributed by atoms with Gasteiger partial charge in [0.1, 0.15) is 0 Å². The standard InChI is InChI=1S/C6H13NO.Pt/c7-5-1-3-6(8)4-2-5;/h5-6,8H,1-4,7H2;. The fourth-order valence-corrected chi connectivity index (χ4v) is 1.10. The molecule has 3 heteroatoms. The van der Waals surface area contributed by atoms with Crippen LogP contribution in [-0.2, 0) is 21.1 Å². The van der Waals surface area contributed by atoms with Gasteiger partial charge in [-0.05, 0) is 25.7 Å². The van der Waals surface area contributed by atoms with Gasteiger partial charge in [0.15, 0.2) is 0 Å². The third kappa shape index (κ3) is 3.34. The van der Waals surface area contributed by atoms with Crippen LogP contribution in [0.1, 0.15) is 25.7 Å². The molecule has 0 aromatic heterocycles. The number of rotatable bonds is 0. The van der Waals surface area contributed by atoms with Crippen molar-refractivity contribution in [1.29, 1.82) is 0 Å². The van der Waals surface area contributed by atoms with Crippen molar-refractivity contribution < 1.29 is 26.2 Å². The summed E-state index contributed by atoms with van der Waals surface area (Å²) in [7, 11) is 0. The molecule has 58 valence electrons. The molecule has 0 radical (unpaired) electrons. The van der Waals surface area contributed by atoms with E-state index < -0.39 is 0 Å². The Morgan fingerprint density at radius 1 is 1.11 bits per heavy atom. The molecule has 0 unspecified atom stereocenters. The molecule has 0 saturated heterocycles. The maximum atomic E-state index is 8.97. The summed E-state index contributed by atoms with van der Waals surface area (Å²) in [4.78, 5) is 0. The van der Waals surface area contributed by atoms with Crippen molar-refractivity contribution in [2.45, 2.75) is 37.8 Å². The zero-order valence-corrected chi connectivity index (χ0v) is 7.60. The minimum absolute atomic E-state index is 0. The SMILES string of the molecule is NC1CCC(O)CC1.[Pt]. The van der Waals surface area contributed by atoms with E-state index >= 15 is 0 Å². The molecule has 0 aliphatic heterocycles. The van der Waals surface area contributed by atoms with Crippen LogP contribution >= 0.6 is 0 Å². The van der Waals surface area contributed by atoms with E-state index in [0.29, 0.717) is 6.04 Å². The number of hydrogen-bond donors (Lipinski definition) is 2. The Balaban J connectivity index is 0.000000640. The first-order valence-corrected chi connectivity index (χ1v) is 3.22. The fourth-order valence-electron chi connectivity index (χ4n) is 1.10. The van der Waals surface area contributed by atoms with Crippen LogP contribution in [0, 0.1) is 0 Å². The molecule has 1 rings (SSSR count).